The molecule has 1 aromatic rings. The summed E-state index contributed by atoms with van der Waals surface area (Å²) in [6.45, 7) is 3.23. The second-order valence-corrected chi connectivity index (χ2v) is 5.39. The molecule has 4 nitrogen and oxygen atoms in total. The van der Waals surface area contributed by atoms with Gasteiger partial charge in [0.05, 0.1) is 13.2 Å². The molecule has 1 amide bonds. The van der Waals surface area contributed by atoms with Gasteiger partial charge in [-0.2, -0.15) is 0 Å². The number of nitrogens with one attached hydrogen (secondary N) is 1. The minimum absolute atomic E-state index is 0.0502. The molecule has 0 spiro atoms. The second kappa shape index (κ2) is 6.37. The maximum Gasteiger partial charge on any atom is 0.238 e. The zero-order valence-corrected chi connectivity index (χ0v) is 11.8. The lowest BCUT2D eigenvalue weighted by atomic mass is 10.2. The molecule has 5 heteroatoms. The third-order valence-corrected chi connectivity index (χ3v) is 3.75. The van der Waals surface area contributed by atoms with Crippen LogP contribution in [0.15, 0.2) is 18.2 Å². The van der Waals surface area contributed by atoms with E-state index in [1.807, 2.05) is 24.0 Å². The molecule has 1 heterocycles. The number of aryl methyl sites for hydroxylation is 1. The summed E-state index contributed by atoms with van der Waals surface area (Å²) in [6, 6.07) is 5.51. The number of aliphatic hydroxyl groups is 1. The van der Waals surface area contributed by atoms with Crippen LogP contribution in [0.1, 0.15) is 18.4 Å². The van der Waals surface area contributed by atoms with Crippen LogP contribution in [-0.2, 0) is 4.79 Å². The Bertz CT molecular complexity index is 465. The minimum Gasteiger partial charge on any atom is -0.395 e. The number of aliphatic hydroxyl groups excluding tert-OH is 1. The van der Waals surface area contributed by atoms with Crippen molar-refractivity contribution in [1.29, 1.82) is 0 Å². The summed E-state index contributed by atoms with van der Waals surface area (Å²) < 4.78 is 0. The van der Waals surface area contributed by atoms with Crippen molar-refractivity contribution < 1.29 is 9.90 Å². The number of halogens is 1. The Morgan fingerprint density at radius 3 is 3.05 bits per heavy atom. The molecule has 1 fully saturated rings. The van der Waals surface area contributed by atoms with Crippen molar-refractivity contribution in [3.05, 3.63) is 28.8 Å². The molecule has 0 aliphatic carbocycles. The van der Waals surface area contributed by atoms with E-state index >= 15 is 0 Å². The minimum atomic E-state index is -0.0502. The maximum atomic E-state index is 12.0. The van der Waals surface area contributed by atoms with Crippen molar-refractivity contribution in [1.82, 2.24) is 4.90 Å². The molecule has 19 heavy (non-hydrogen) atoms. The number of rotatable bonds is 4. The van der Waals surface area contributed by atoms with Gasteiger partial charge < -0.3 is 10.4 Å². The van der Waals surface area contributed by atoms with Gasteiger partial charge in [0.25, 0.3) is 0 Å². The lowest BCUT2D eigenvalue weighted by Gasteiger charge is -2.22. The van der Waals surface area contributed by atoms with Crippen molar-refractivity contribution in [2.24, 2.45) is 0 Å². The van der Waals surface area contributed by atoms with E-state index in [0.717, 1.165) is 30.6 Å². The summed E-state index contributed by atoms with van der Waals surface area (Å²) >= 11 is 5.88. The van der Waals surface area contributed by atoms with Gasteiger partial charge in [0, 0.05) is 16.8 Å². The number of hydrogen-bond donors (Lipinski definition) is 2. The van der Waals surface area contributed by atoms with E-state index in [-0.39, 0.29) is 18.6 Å². The van der Waals surface area contributed by atoms with Gasteiger partial charge in [-0.25, -0.2) is 0 Å². The van der Waals surface area contributed by atoms with Crippen molar-refractivity contribution in [2.75, 3.05) is 25.0 Å². The predicted octanol–water partition coefficient (Wildman–Crippen LogP) is 2.04. The third kappa shape index (κ3) is 3.69. The Morgan fingerprint density at radius 1 is 1.58 bits per heavy atom. The van der Waals surface area contributed by atoms with Crippen LogP contribution in [0.4, 0.5) is 5.69 Å². The van der Waals surface area contributed by atoms with Gasteiger partial charge in [0.15, 0.2) is 0 Å². The molecule has 0 bridgehead atoms. The number of anilines is 1. The second-order valence-electron chi connectivity index (χ2n) is 4.96. The summed E-state index contributed by atoms with van der Waals surface area (Å²) in [6.07, 6.45) is 2.00. The molecule has 0 radical (unpaired) electrons. The number of benzene rings is 1. The SMILES string of the molecule is Cc1cc(Cl)ccc1NC(=O)CN1CCC[C@@H]1CO. The Kier molecular flexibility index (Phi) is 4.80. The van der Waals surface area contributed by atoms with E-state index in [9.17, 15) is 9.90 Å². The highest BCUT2D eigenvalue weighted by Crippen LogP contribution is 2.20. The summed E-state index contributed by atoms with van der Waals surface area (Å²) in [5, 5.41) is 12.8. The Balaban J connectivity index is 1.94. The predicted molar refractivity (Wildman–Crippen MR) is 76.5 cm³/mol. The molecule has 1 saturated heterocycles. The average molecular weight is 283 g/mol. The van der Waals surface area contributed by atoms with Gasteiger partial charge in [-0.1, -0.05) is 11.6 Å². The molecular weight excluding hydrogens is 264 g/mol. The number of hydrogen-bond acceptors (Lipinski definition) is 3. The van der Waals surface area contributed by atoms with Crippen molar-refractivity contribution >= 4 is 23.2 Å². The van der Waals surface area contributed by atoms with Crippen molar-refractivity contribution in [2.45, 2.75) is 25.8 Å². The van der Waals surface area contributed by atoms with Gasteiger partial charge in [0.2, 0.25) is 5.91 Å². The monoisotopic (exact) mass is 282 g/mol. The van der Waals surface area contributed by atoms with Gasteiger partial charge >= 0.3 is 0 Å². The first-order chi connectivity index (χ1) is 9.10. The van der Waals surface area contributed by atoms with Gasteiger partial charge in [-0.05, 0) is 50.1 Å². The van der Waals surface area contributed by atoms with E-state index in [2.05, 4.69) is 5.32 Å². The molecule has 0 aromatic heterocycles. The fourth-order valence-electron chi connectivity index (χ4n) is 2.45. The van der Waals surface area contributed by atoms with E-state index in [1.165, 1.54) is 0 Å². The highest BCUT2D eigenvalue weighted by Gasteiger charge is 2.25. The third-order valence-electron chi connectivity index (χ3n) is 3.52. The fourth-order valence-corrected chi connectivity index (χ4v) is 2.68. The summed E-state index contributed by atoms with van der Waals surface area (Å²) in [7, 11) is 0. The van der Waals surface area contributed by atoms with E-state index in [0.29, 0.717) is 11.6 Å². The number of likely N-dealkylation sites (tertiary alicyclic amines) is 1. The van der Waals surface area contributed by atoms with Crippen molar-refractivity contribution in [3.8, 4) is 0 Å². The van der Waals surface area contributed by atoms with Gasteiger partial charge in [-0.3, -0.25) is 9.69 Å². The van der Waals surface area contributed by atoms with Crippen LogP contribution in [0.5, 0.6) is 0 Å². The number of nitrogens with zero attached hydrogens (tertiary/aromatic N) is 1. The van der Waals surface area contributed by atoms with Crippen LogP contribution in [-0.4, -0.2) is 41.7 Å². The lowest BCUT2D eigenvalue weighted by molar-refractivity contribution is -0.117. The molecule has 1 aromatic carbocycles. The highest BCUT2D eigenvalue weighted by atomic mass is 35.5. The Hall–Kier alpha value is -1.10. The van der Waals surface area contributed by atoms with Gasteiger partial charge in [-0.15, -0.1) is 0 Å². The molecule has 0 unspecified atom stereocenters. The molecule has 1 atom stereocenters. The zero-order valence-electron chi connectivity index (χ0n) is 11.0. The lowest BCUT2D eigenvalue weighted by Crippen LogP contribution is -2.38. The first-order valence-electron chi connectivity index (χ1n) is 6.51. The van der Waals surface area contributed by atoms with Crippen LogP contribution in [0, 0.1) is 6.92 Å². The highest BCUT2D eigenvalue weighted by molar-refractivity contribution is 6.30. The number of amides is 1. The molecular formula is C14H19ClN2O2. The normalized spacial score (nSPS) is 19.6. The molecule has 104 valence electrons. The molecule has 2 rings (SSSR count). The van der Waals surface area contributed by atoms with Crippen LogP contribution < -0.4 is 5.32 Å². The largest absolute Gasteiger partial charge is 0.395 e. The van der Waals surface area contributed by atoms with Gasteiger partial charge in [0.1, 0.15) is 0 Å². The smallest absolute Gasteiger partial charge is 0.238 e. The quantitative estimate of drug-likeness (QED) is 0.889. The molecule has 1 aliphatic heterocycles. The maximum absolute atomic E-state index is 12.0. The van der Waals surface area contributed by atoms with Crippen LogP contribution in [0.3, 0.4) is 0 Å². The fraction of sp³-hybridized carbons (Fsp3) is 0.500. The topological polar surface area (TPSA) is 52.6 Å². The number of carbonyl (C=O) groups excluding carboxylic acids is 1. The van der Waals surface area contributed by atoms with E-state index in [4.69, 9.17) is 11.6 Å². The molecule has 1 aliphatic rings. The van der Waals surface area contributed by atoms with Crippen molar-refractivity contribution in [3.63, 3.8) is 0 Å². The first-order valence-corrected chi connectivity index (χ1v) is 6.89. The standard InChI is InChI=1S/C14H19ClN2O2/c1-10-7-11(15)4-5-13(10)16-14(19)8-17-6-2-3-12(17)9-18/h4-5,7,12,18H,2-3,6,8-9H2,1H3,(H,16,19)/t12-/m1/s1. The number of carbonyl (C=O) groups is 1. The summed E-state index contributed by atoms with van der Waals surface area (Å²) in [4.78, 5) is 14.0. The Morgan fingerprint density at radius 2 is 2.37 bits per heavy atom. The summed E-state index contributed by atoms with van der Waals surface area (Å²) in [5.41, 5.74) is 1.73. The molecule has 0 saturated carbocycles. The average Bonchev–Trinajstić information content (AvgIpc) is 2.80. The molecule has 2 N–H and O–H groups in total. The summed E-state index contributed by atoms with van der Waals surface area (Å²) in [5.74, 6) is -0.0502. The van der Waals surface area contributed by atoms with E-state index < -0.39 is 0 Å². The van der Waals surface area contributed by atoms with Crippen LogP contribution >= 0.6 is 11.6 Å². The van der Waals surface area contributed by atoms with Crippen LogP contribution in [0.25, 0.3) is 0 Å². The zero-order chi connectivity index (χ0) is 13.8. The first kappa shape index (κ1) is 14.3. The van der Waals surface area contributed by atoms with Crippen LogP contribution in [0.2, 0.25) is 5.02 Å². The van der Waals surface area contributed by atoms with E-state index in [1.54, 1.807) is 6.07 Å². The Labute approximate surface area is 118 Å².